The third kappa shape index (κ3) is 1.67. The largest absolute Gasteiger partial charge is 0.396 e. The molecule has 2 N–H and O–H groups in total. The lowest BCUT2D eigenvalue weighted by molar-refractivity contribution is 0.288. The molecule has 0 radical (unpaired) electrons. The van der Waals surface area contributed by atoms with Gasteiger partial charge in [0.15, 0.2) is 0 Å². The molecule has 0 saturated heterocycles. The molecule has 0 aliphatic rings. The number of nitrogens with zero attached hydrogens (tertiary/aromatic N) is 2. The lowest BCUT2D eigenvalue weighted by Crippen LogP contribution is -1.92. The van der Waals surface area contributed by atoms with E-state index in [1.165, 1.54) is 0 Å². The molecule has 68 valence electrons. The number of hydrogen-bond donors (Lipinski definition) is 2. The zero-order chi connectivity index (χ0) is 9.10. The molecule has 0 unspecified atom stereocenters. The minimum Gasteiger partial charge on any atom is -0.396 e. The van der Waals surface area contributed by atoms with Crippen molar-refractivity contribution in [3.63, 3.8) is 0 Å². The maximum absolute atomic E-state index is 8.65. The summed E-state index contributed by atoms with van der Waals surface area (Å²) in [5.41, 5.74) is 1.95. The van der Waals surface area contributed by atoms with Crippen LogP contribution in [0.3, 0.4) is 0 Å². The van der Waals surface area contributed by atoms with Gasteiger partial charge < -0.3 is 5.11 Å². The minimum atomic E-state index is 0.213. The Morgan fingerprint density at radius 3 is 3.15 bits per heavy atom. The zero-order valence-electron chi connectivity index (χ0n) is 7.20. The molecular weight excluding hydrogens is 166 g/mol. The fraction of sp³-hybridized carbons (Fsp3) is 0.333. The molecule has 0 aliphatic heterocycles. The van der Waals surface area contributed by atoms with Gasteiger partial charge in [0.2, 0.25) is 0 Å². The van der Waals surface area contributed by atoms with Crippen molar-refractivity contribution in [2.24, 2.45) is 0 Å². The number of rotatable bonds is 3. The van der Waals surface area contributed by atoms with Crippen molar-refractivity contribution in [1.82, 2.24) is 15.2 Å². The van der Waals surface area contributed by atoms with Crippen LogP contribution in [0.5, 0.6) is 0 Å². The number of hydrogen-bond acceptors (Lipinski definition) is 3. The fourth-order valence-corrected chi connectivity index (χ4v) is 1.28. The second-order valence-electron chi connectivity index (χ2n) is 2.96. The van der Waals surface area contributed by atoms with Crippen LogP contribution in [0.4, 0.5) is 0 Å². The van der Waals surface area contributed by atoms with E-state index in [1.54, 1.807) is 12.4 Å². The summed E-state index contributed by atoms with van der Waals surface area (Å²) < 4.78 is 0. The molecule has 0 aromatic carbocycles. The van der Waals surface area contributed by atoms with Gasteiger partial charge >= 0.3 is 0 Å². The van der Waals surface area contributed by atoms with Crippen LogP contribution >= 0.6 is 0 Å². The average molecular weight is 177 g/mol. The lowest BCUT2D eigenvalue weighted by Gasteiger charge is -1.97. The van der Waals surface area contributed by atoms with E-state index in [-0.39, 0.29) is 6.61 Å². The lowest BCUT2D eigenvalue weighted by atomic mass is 10.2. The number of nitrogens with one attached hydrogen (secondary N) is 1. The SMILES string of the molecule is OCCCc1cc2cn[nH]c2cn1. The van der Waals surface area contributed by atoms with Crippen LogP contribution in [0.15, 0.2) is 18.5 Å². The summed E-state index contributed by atoms with van der Waals surface area (Å²) >= 11 is 0. The summed E-state index contributed by atoms with van der Waals surface area (Å²) in [4.78, 5) is 4.23. The van der Waals surface area contributed by atoms with Crippen LogP contribution in [0, 0.1) is 0 Å². The summed E-state index contributed by atoms with van der Waals surface area (Å²) in [5, 5.41) is 16.5. The number of aryl methyl sites for hydroxylation is 1. The molecule has 4 nitrogen and oxygen atoms in total. The van der Waals surface area contributed by atoms with Crippen LogP contribution in [-0.4, -0.2) is 26.9 Å². The number of aromatic nitrogens is 3. The van der Waals surface area contributed by atoms with Crippen molar-refractivity contribution >= 4 is 10.9 Å². The van der Waals surface area contributed by atoms with Crippen molar-refractivity contribution < 1.29 is 5.11 Å². The van der Waals surface area contributed by atoms with E-state index in [0.29, 0.717) is 0 Å². The molecule has 0 saturated carbocycles. The number of fused-ring (bicyclic) bond motifs is 1. The predicted octanol–water partition coefficient (Wildman–Crippen LogP) is 0.883. The van der Waals surface area contributed by atoms with Crippen LogP contribution < -0.4 is 0 Å². The Hall–Kier alpha value is -1.42. The van der Waals surface area contributed by atoms with Crippen LogP contribution in [0.1, 0.15) is 12.1 Å². The van der Waals surface area contributed by atoms with Crippen molar-refractivity contribution in [2.45, 2.75) is 12.8 Å². The molecule has 4 heteroatoms. The first-order chi connectivity index (χ1) is 6.40. The van der Waals surface area contributed by atoms with Gasteiger partial charge in [-0.3, -0.25) is 10.1 Å². The quantitative estimate of drug-likeness (QED) is 0.731. The number of H-pyrrole nitrogens is 1. The summed E-state index contributed by atoms with van der Waals surface area (Å²) in [5.74, 6) is 0. The molecule has 0 fully saturated rings. The van der Waals surface area contributed by atoms with Gasteiger partial charge in [-0.1, -0.05) is 0 Å². The van der Waals surface area contributed by atoms with Crippen molar-refractivity contribution in [3.05, 3.63) is 24.2 Å². The molecule has 0 spiro atoms. The predicted molar refractivity (Wildman–Crippen MR) is 49.3 cm³/mol. The van der Waals surface area contributed by atoms with Crippen molar-refractivity contribution in [2.75, 3.05) is 6.61 Å². The van der Waals surface area contributed by atoms with Gasteiger partial charge in [-0.2, -0.15) is 5.10 Å². The molecular formula is C9H11N3O. The number of aliphatic hydroxyl groups excluding tert-OH is 1. The number of pyridine rings is 1. The topological polar surface area (TPSA) is 61.8 Å². The van der Waals surface area contributed by atoms with Gasteiger partial charge in [0, 0.05) is 17.7 Å². The molecule has 2 aromatic heterocycles. The first-order valence-corrected chi connectivity index (χ1v) is 4.29. The van der Waals surface area contributed by atoms with Gasteiger partial charge in [-0.25, -0.2) is 0 Å². The van der Waals surface area contributed by atoms with E-state index < -0.39 is 0 Å². The smallest absolute Gasteiger partial charge is 0.0833 e. The highest BCUT2D eigenvalue weighted by Gasteiger charge is 1.98. The average Bonchev–Trinajstić information content (AvgIpc) is 2.61. The van der Waals surface area contributed by atoms with Gasteiger partial charge in [-0.05, 0) is 18.9 Å². The van der Waals surface area contributed by atoms with Gasteiger partial charge in [-0.15, -0.1) is 0 Å². The fourth-order valence-electron chi connectivity index (χ4n) is 1.28. The molecule has 2 rings (SSSR count). The van der Waals surface area contributed by atoms with Gasteiger partial charge in [0.25, 0.3) is 0 Å². The maximum Gasteiger partial charge on any atom is 0.0833 e. The Morgan fingerprint density at radius 2 is 2.31 bits per heavy atom. The van der Waals surface area contributed by atoms with E-state index in [2.05, 4.69) is 15.2 Å². The Kier molecular flexibility index (Phi) is 2.23. The van der Waals surface area contributed by atoms with E-state index in [0.717, 1.165) is 29.4 Å². The molecule has 13 heavy (non-hydrogen) atoms. The van der Waals surface area contributed by atoms with Crippen molar-refractivity contribution in [1.29, 1.82) is 0 Å². The Labute approximate surface area is 75.6 Å². The third-order valence-electron chi connectivity index (χ3n) is 1.97. The molecule has 0 aliphatic carbocycles. The first kappa shape index (κ1) is 8.19. The van der Waals surface area contributed by atoms with Gasteiger partial charge in [0.05, 0.1) is 17.9 Å². The monoisotopic (exact) mass is 177 g/mol. The van der Waals surface area contributed by atoms with Crippen LogP contribution in [-0.2, 0) is 6.42 Å². The summed E-state index contributed by atoms with van der Waals surface area (Å²) in [6.45, 7) is 0.213. The molecule has 0 atom stereocenters. The second kappa shape index (κ2) is 3.53. The summed E-state index contributed by atoms with van der Waals surface area (Å²) in [7, 11) is 0. The second-order valence-corrected chi connectivity index (χ2v) is 2.96. The Bertz CT molecular complexity index is 396. The third-order valence-corrected chi connectivity index (χ3v) is 1.97. The van der Waals surface area contributed by atoms with E-state index in [4.69, 9.17) is 5.11 Å². The highest BCUT2D eigenvalue weighted by atomic mass is 16.2. The zero-order valence-corrected chi connectivity index (χ0v) is 7.20. The Balaban J connectivity index is 2.26. The molecule has 0 bridgehead atoms. The standard InChI is InChI=1S/C9H11N3O/c13-3-1-2-8-4-7-5-11-12-9(7)6-10-8/h4-6,13H,1-3H2,(H,11,12). The van der Waals surface area contributed by atoms with Crippen molar-refractivity contribution in [3.8, 4) is 0 Å². The molecule has 0 amide bonds. The Morgan fingerprint density at radius 1 is 1.38 bits per heavy atom. The van der Waals surface area contributed by atoms with E-state index in [1.807, 2.05) is 6.07 Å². The normalized spacial score (nSPS) is 10.8. The van der Waals surface area contributed by atoms with E-state index >= 15 is 0 Å². The maximum atomic E-state index is 8.65. The number of aromatic amines is 1. The van der Waals surface area contributed by atoms with Crippen LogP contribution in [0.25, 0.3) is 10.9 Å². The minimum absolute atomic E-state index is 0.213. The van der Waals surface area contributed by atoms with Crippen LogP contribution in [0.2, 0.25) is 0 Å². The highest BCUT2D eigenvalue weighted by Crippen LogP contribution is 2.10. The highest BCUT2D eigenvalue weighted by molar-refractivity contribution is 5.76. The van der Waals surface area contributed by atoms with E-state index in [9.17, 15) is 0 Å². The first-order valence-electron chi connectivity index (χ1n) is 4.29. The molecule has 2 heterocycles. The number of aliphatic hydroxyl groups is 1. The summed E-state index contributed by atoms with van der Waals surface area (Å²) in [6.07, 6.45) is 5.13. The van der Waals surface area contributed by atoms with Gasteiger partial charge in [0.1, 0.15) is 0 Å². The molecule has 2 aromatic rings. The summed E-state index contributed by atoms with van der Waals surface area (Å²) in [6, 6.07) is 1.99.